The molecule has 0 fully saturated rings. The Hall–Kier alpha value is -2.08. The third-order valence-electron chi connectivity index (χ3n) is 3.19. The highest BCUT2D eigenvalue weighted by Gasteiger charge is 2.10. The Balaban J connectivity index is 1.82. The van der Waals surface area contributed by atoms with Crippen LogP contribution >= 0.6 is 11.8 Å². The quantitative estimate of drug-likeness (QED) is 0.705. The Morgan fingerprint density at radius 3 is 2.77 bits per heavy atom. The number of nitrogens with one attached hydrogen (secondary N) is 1. The summed E-state index contributed by atoms with van der Waals surface area (Å²) in [6, 6.07) is 12.3. The largest absolute Gasteiger partial charge is 0.370 e. The molecule has 114 valence electrons. The van der Waals surface area contributed by atoms with Crippen LogP contribution in [-0.2, 0) is 5.75 Å². The molecule has 1 N–H and O–H groups in total. The number of thioether (sulfide) groups is 1. The van der Waals surface area contributed by atoms with Gasteiger partial charge in [0.2, 0.25) is 5.16 Å². The molecule has 0 unspecified atom stereocenters. The lowest BCUT2D eigenvalue weighted by Gasteiger charge is -2.06. The van der Waals surface area contributed by atoms with Crippen LogP contribution in [0.5, 0.6) is 0 Å². The summed E-state index contributed by atoms with van der Waals surface area (Å²) >= 11 is 1.63. The molecule has 0 amide bonds. The molecule has 2 heterocycles. The van der Waals surface area contributed by atoms with E-state index in [2.05, 4.69) is 39.4 Å². The fourth-order valence-electron chi connectivity index (χ4n) is 2.13. The van der Waals surface area contributed by atoms with Gasteiger partial charge in [-0.05, 0) is 18.9 Å². The van der Waals surface area contributed by atoms with Gasteiger partial charge in [-0.25, -0.2) is 4.98 Å². The highest BCUT2D eigenvalue weighted by molar-refractivity contribution is 7.98. The van der Waals surface area contributed by atoms with Crippen LogP contribution < -0.4 is 5.32 Å². The molecule has 3 rings (SSSR count). The minimum atomic E-state index is 0.647. The molecule has 22 heavy (non-hydrogen) atoms. The molecule has 0 saturated heterocycles. The van der Waals surface area contributed by atoms with Crippen LogP contribution in [0.1, 0.15) is 24.6 Å². The van der Waals surface area contributed by atoms with Gasteiger partial charge in [0.25, 0.3) is 5.78 Å². The van der Waals surface area contributed by atoms with Gasteiger partial charge in [-0.1, -0.05) is 49.0 Å². The summed E-state index contributed by atoms with van der Waals surface area (Å²) < 4.78 is 1.79. The Morgan fingerprint density at radius 2 is 2.00 bits per heavy atom. The molecule has 6 heteroatoms. The summed E-state index contributed by atoms with van der Waals surface area (Å²) in [6.07, 6.45) is 1.06. The lowest BCUT2D eigenvalue weighted by molar-refractivity contribution is 0.861. The van der Waals surface area contributed by atoms with Crippen LogP contribution in [0.15, 0.2) is 41.6 Å². The van der Waals surface area contributed by atoms with E-state index in [1.165, 1.54) is 5.56 Å². The summed E-state index contributed by atoms with van der Waals surface area (Å²) in [6.45, 7) is 5.02. The zero-order valence-corrected chi connectivity index (χ0v) is 13.6. The number of fused-ring (bicyclic) bond motifs is 1. The third kappa shape index (κ3) is 3.39. The van der Waals surface area contributed by atoms with Gasteiger partial charge in [0.05, 0.1) is 0 Å². The number of benzene rings is 1. The smallest absolute Gasteiger partial charge is 0.255 e. The van der Waals surface area contributed by atoms with Crippen LogP contribution in [0.3, 0.4) is 0 Å². The minimum Gasteiger partial charge on any atom is -0.370 e. The Morgan fingerprint density at radius 1 is 1.18 bits per heavy atom. The Labute approximate surface area is 134 Å². The van der Waals surface area contributed by atoms with E-state index in [0.29, 0.717) is 5.78 Å². The first-order valence-electron chi connectivity index (χ1n) is 7.41. The van der Waals surface area contributed by atoms with Gasteiger partial charge in [0.1, 0.15) is 5.82 Å². The van der Waals surface area contributed by atoms with Gasteiger partial charge < -0.3 is 5.32 Å². The molecule has 0 radical (unpaired) electrons. The lowest BCUT2D eigenvalue weighted by atomic mass is 10.2. The average molecular weight is 313 g/mol. The zero-order valence-electron chi connectivity index (χ0n) is 12.8. The fourth-order valence-corrected chi connectivity index (χ4v) is 2.90. The van der Waals surface area contributed by atoms with Crippen molar-refractivity contribution in [2.75, 3.05) is 11.9 Å². The maximum atomic E-state index is 4.57. The summed E-state index contributed by atoms with van der Waals surface area (Å²) in [7, 11) is 0. The van der Waals surface area contributed by atoms with Crippen molar-refractivity contribution in [1.29, 1.82) is 0 Å². The summed E-state index contributed by atoms with van der Waals surface area (Å²) in [5.41, 5.74) is 2.21. The van der Waals surface area contributed by atoms with E-state index in [0.717, 1.165) is 35.4 Å². The molecule has 0 aliphatic carbocycles. The van der Waals surface area contributed by atoms with Gasteiger partial charge in [0.15, 0.2) is 0 Å². The maximum Gasteiger partial charge on any atom is 0.255 e. The van der Waals surface area contributed by atoms with E-state index in [9.17, 15) is 0 Å². The van der Waals surface area contributed by atoms with Crippen molar-refractivity contribution in [2.24, 2.45) is 0 Å². The number of aryl methyl sites for hydroxylation is 1. The van der Waals surface area contributed by atoms with E-state index in [-0.39, 0.29) is 0 Å². The summed E-state index contributed by atoms with van der Waals surface area (Å²) in [4.78, 5) is 8.98. The molecule has 0 aliphatic rings. The highest BCUT2D eigenvalue weighted by Crippen LogP contribution is 2.21. The molecular formula is C16H19N5S. The highest BCUT2D eigenvalue weighted by atomic mass is 32.2. The van der Waals surface area contributed by atoms with Crippen molar-refractivity contribution in [3.8, 4) is 0 Å². The lowest BCUT2D eigenvalue weighted by Crippen LogP contribution is -2.07. The van der Waals surface area contributed by atoms with Gasteiger partial charge in [-0.15, -0.1) is 5.10 Å². The maximum absolute atomic E-state index is 4.57. The molecule has 0 bridgehead atoms. The second-order valence-electron chi connectivity index (χ2n) is 5.09. The molecule has 2 aromatic heterocycles. The van der Waals surface area contributed by atoms with Crippen LogP contribution in [0.4, 0.5) is 5.82 Å². The normalized spacial score (nSPS) is 11.0. The average Bonchev–Trinajstić information content (AvgIpc) is 2.94. The molecule has 0 spiro atoms. The van der Waals surface area contributed by atoms with Gasteiger partial charge in [0, 0.05) is 24.1 Å². The van der Waals surface area contributed by atoms with Crippen LogP contribution in [0.2, 0.25) is 0 Å². The number of rotatable bonds is 6. The van der Waals surface area contributed by atoms with Gasteiger partial charge in [-0.2, -0.15) is 9.50 Å². The second-order valence-corrected chi connectivity index (χ2v) is 6.03. The van der Waals surface area contributed by atoms with Crippen molar-refractivity contribution in [2.45, 2.75) is 31.2 Å². The summed E-state index contributed by atoms with van der Waals surface area (Å²) in [5.74, 6) is 2.45. The molecule has 0 atom stereocenters. The van der Waals surface area contributed by atoms with E-state index < -0.39 is 0 Å². The number of nitrogens with zero attached hydrogens (tertiary/aromatic N) is 4. The predicted molar refractivity (Wildman–Crippen MR) is 90.3 cm³/mol. The third-order valence-corrected chi connectivity index (χ3v) is 4.10. The fraction of sp³-hybridized carbons (Fsp3) is 0.312. The SMILES string of the molecule is CCCNc1cc(C)nc2nc(SCc3ccccc3)nn12. The van der Waals surface area contributed by atoms with Crippen LogP contribution in [0, 0.1) is 6.92 Å². The van der Waals surface area contributed by atoms with Crippen LogP contribution in [0.25, 0.3) is 5.78 Å². The predicted octanol–water partition coefficient (Wildman–Crippen LogP) is 3.55. The monoisotopic (exact) mass is 313 g/mol. The standard InChI is InChI=1S/C16H19N5S/c1-3-9-17-14-10-12(2)18-15-19-16(20-21(14)15)22-11-13-7-5-4-6-8-13/h4-8,10,17H,3,9,11H2,1-2H3. The number of anilines is 1. The van der Waals surface area contributed by atoms with Crippen LogP contribution in [-0.4, -0.2) is 26.1 Å². The van der Waals surface area contributed by atoms with Gasteiger partial charge >= 0.3 is 0 Å². The molecule has 0 saturated carbocycles. The molecule has 0 aliphatic heterocycles. The molecule has 5 nitrogen and oxygen atoms in total. The number of hydrogen-bond donors (Lipinski definition) is 1. The minimum absolute atomic E-state index is 0.647. The topological polar surface area (TPSA) is 55.1 Å². The van der Waals surface area contributed by atoms with E-state index >= 15 is 0 Å². The number of hydrogen-bond acceptors (Lipinski definition) is 5. The zero-order chi connectivity index (χ0) is 15.4. The molecular weight excluding hydrogens is 294 g/mol. The molecule has 3 aromatic rings. The van der Waals surface area contributed by atoms with Gasteiger partial charge in [-0.3, -0.25) is 0 Å². The second kappa shape index (κ2) is 6.79. The van der Waals surface area contributed by atoms with Crippen molar-refractivity contribution in [1.82, 2.24) is 19.6 Å². The van der Waals surface area contributed by atoms with E-state index in [1.807, 2.05) is 31.2 Å². The van der Waals surface area contributed by atoms with Crippen molar-refractivity contribution >= 4 is 23.4 Å². The Kier molecular flexibility index (Phi) is 4.58. The Bertz CT molecular complexity index is 754. The molecule has 1 aromatic carbocycles. The first-order chi connectivity index (χ1) is 10.8. The first-order valence-corrected chi connectivity index (χ1v) is 8.40. The first kappa shape index (κ1) is 14.8. The number of aromatic nitrogens is 4. The van der Waals surface area contributed by atoms with Crippen molar-refractivity contribution < 1.29 is 0 Å². The summed E-state index contributed by atoms with van der Waals surface area (Å²) in [5, 5.41) is 8.69. The van der Waals surface area contributed by atoms with E-state index in [1.54, 1.807) is 16.3 Å². The van der Waals surface area contributed by atoms with Crippen molar-refractivity contribution in [3.05, 3.63) is 47.7 Å². The van der Waals surface area contributed by atoms with E-state index in [4.69, 9.17) is 0 Å². The van der Waals surface area contributed by atoms with Crippen molar-refractivity contribution in [3.63, 3.8) is 0 Å².